The van der Waals surface area contributed by atoms with Crippen molar-refractivity contribution in [2.75, 3.05) is 5.32 Å². The Morgan fingerprint density at radius 1 is 1.44 bits per heavy atom. The summed E-state index contributed by atoms with van der Waals surface area (Å²) < 4.78 is 1.13. The van der Waals surface area contributed by atoms with Crippen LogP contribution in [0.5, 0.6) is 0 Å². The third kappa shape index (κ3) is 1.98. The van der Waals surface area contributed by atoms with Gasteiger partial charge in [0.25, 0.3) is 0 Å². The fourth-order valence-corrected chi connectivity index (χ4v) is 2.33. The van der Waals surface area contributed by atoms with Gasteiger partial charge in [0.15, 0.2) is 0 Å². The zero-order valence-electron chi connectivity index (χ0n) is 9.92. The highest BCUT2D eigenvalue weighted by atomic mass is 79.9. The quantitative estimate of drug-likeness (QED) is 0.873. The summed E-state index contributed by atoms with van der Waals surface area (Å²) in [4.78, 5) is 0. The SMILES string of the molecule is Cc1cc(NC2CC(O)C2(C)C)ccc1Br. The van der Waals surface area contributed by atoms with E-state index in [4.69, 9.17) is 0 Å². The molecule has 0 amide bonds. The van der Waals surface area contributed by atoms with Gasteiger partial charge in [-0.1, -0.05) is 29.8 Å². The zero-order valence-corrected chi connectivity index (χ0v) is 11.5. The molecular formula is C13H18BrNO. The van der Waals surface area contributed by atoms with Crippen molar-refractivity contribution in [2.45, 2.75) is 39.3 Å². The molecule has 2 N–H and O–H groups in total. The van der Waals surface area contributed by atoms with Crippen LogP contribution in [0.25, 0.3) is 0 Å². The summed E-state index contributed by atoms with van der Waals surface area (Å²) in [7, 11) is 0. The molecule has 16 heavy (non-hydrogen) atoms. The van der Waals surface area contributed by atoms with Crippen molar-refractivity contribution in [1.82, 2.24) is 0 Å². The van der Waals surface area contributed by atoms with Gasteiger partial charge in [-0.15, -0.1) is 0 Å². The minimum Gasteiger partial charge on any atom is -0.392 e. The number of hydrogen-bond donors (Lipinski definition) is 2. The Morgan fingerprint density at radius 2 is 2.12 bits per heavy atom. The van der Waals surface area contributed by atoms with Crippen LogP contribution in [0, 0.1) is 12.3 Å². The minimum atomic E-state index is -0.179. The molecule has 0 aromatic heterocycles. The van der Waals surface area contributed by atoms with E-state index in [9.17, 15) is 5.11 Å². The molecule has 3 heteroatoms. The lowest BCUT2D eigenvalue weighted by Crippen LogP contribution is -2.56. The minimum absolute atomic E-state index is 0.0268. The van der Waals surface area contributed by atoms with E-state index < -0.39 is 0 Å². The van der Waals surface area contributed by atoms with Crippen molar-refractivity contribution >= 4 is 21.6 Å². The normalized spacial score (nSPS) is 27.3. The van der Waals surface area contributed by atoms with Gasteiger partial charge in [0.2, 0.25) is 0 Å². The first-order valence-electron chi connectivity index (χ1n) is 5.62. The predicted molar refractivity (Wildman–Crippen MR) is 70.7 cm³/mol. The van der Waals surface area contributed by atoms with Gasteiger partial charge in [-0.2, -0.15) is 0 Å². The summed E-state index contributed by atoms with van der Waals surface area (Å²) >= 11 is 3.49. The molecule has 1 aliphatic rings. The van der Waals surface area contributed by atoms with Gasteiger partial charge < -0.3 is 10.4 Å². The van der Waals surface area contributed by atoms with Crippen LogP contribution in [-0.2, 0) is 0 Å². The Hall–Kier alpha value is -0.540. The molecule has 1 fully saturated rings. The van der Waals surface area contributed by atoms with Crippen molar-refractivity contribution in [3.63, 3.8) is 0 Å². The number of halogens is 1. The number of aryl methyl sites for hydroxylation is 1. The van der Waals surface area contributed by atoms with Crippen molar-refractivity contribution < 1.29 is 5.11 Å². The summed E-state index contributed by atoms with van der Waals surface area (Å²) in [5.41, 5.74) is 2.33. The first-order valence-corrected chi connectivity index (χ1v) is 6.41. The lowest BCUT2D eigenvalue weighted by molar-refractivity contribution is -0.0510. The van der Waals surface area contributed by atoms with Crippen LogP contribution in [0.2, 0.25) is 0 Å². The molecule has 1 aliphatic carbocycles. The van der Waals surface area contributed by atoms with Crippen LogP contribution in [0.1, 0.15) is 25.8 Å². The molecule has 0 bridgehead atoms. The summed E-state index contributed by atoms with van der Waals surface area (Å²) in [5, 5.41) is 13.2. The average Bonchev–Trinajstić information content (AvgIpc) is 2.23. The van der Waals surface area contributed by atoms with E-state index in [2.05, 4.69) is 60.2 Å². The fourth-order valence-electron chi connectivity index (χ4n) is 2.08. The first kappa shape index (κ1) is 11.9. The Balaban J connectivity index is 2.08. The summed E-state index contributed by atoms with van der Waals surface area (Å²) in [5.74, 6) is 0. The Kier molecular flexibility index (Phi) is 3.01. The second-order valence-electron chi connectivity index (χ2n) is 5.23. The second kappa shape index (κ2) is 4.04. The molecule has 1 aromatic rings. The molecule has 0 heterocycles. The largest absolute Gasteiger partial charge is 0.392 e. The maximum atomic E-state index is 9.68. The molecule has 1 aromatic carbocycles. The maximum Gasteiger partial charge on any atom is 0.0630 e. The Labute approximate surface area is 105 Å². The van der Waals surface area contributed by atoms with Crippen LogP contribution in [-0.4, -0.2) is 17.3 Å². The fraction of sp³-hybridized carbons (Fsp3) is 0.538. The maximum absolute atomic E-state index is 9.68. The van der Waals surface area contributed by atoms with Crippen molar-refractivity contribution in [3.05, 3.63) is 28.2 Å². The topological polar surface area (TPSA) is 32.3 Å². The van der Waals surface area contributed by atoms with E-state index in [1.807, 2.05) is 0 Å². The number of hydrogen-bond acceptors (Lipinski definition) is 2. The molecule has 0 aliphatic heterocycles. The number of rotatable bonds is 2. The van der Waals surface area contributed by atoms with Gasteiger partial charge in [-0.05, 0) is 37.1 Å². The van der Waals surface area contributed by atoms with Gasteiger partial charge in [0, 0.05) is 21.6 Å². The molecule has 2 nitrogen and oxygen atoms in total. The smallest absolute Gasteiger partial charge is 0.0630 e. The molecule has 1 saturated carbocycles. The molecule has 0 saturated heterocycles. The molecule has 0 radical (unpaired) electrons. The third-order valence-electron chi connectivity index (χ3n) is 3.71. The number of aliphatic hydroxyl groups is 1. The average molecular weight is 284 g/mol. The van der Waals surface area contributed by atoms with E-state index >= 15 is 0 Å². The standard InChI is InChI=1S/C13H18BrNO/c1-8-6-9(4-5-10(8)14)15-11-7-12(16)13(11,2)3/h4-6,11-12,15-16H,7H2,1-3H3. The second-order valence-corrected chi connectivity index (χ2v) is 6.09. The lowest BCUT2D eigenvalue weighted by atomic mass is 9.64. The van der Waals surface area contributed by atoms with Gasteiger partial charge in [-0.25, -0.2) is 0 Å². The predicted octanol–water partition coefficient (Wildman–Crippen LogP) is 3.33. The molecular weight excluding hydrogens is 266 g/mol. The highest BCUT2D eigenvalue weighted by Crippen LogP contribution is 2.42. The molecule has 0 spiro atoms. The number of benzene rings is 1. The van der Waals surface area contributed by atoms with Crippen LogP contribution < -0.4 is 5.32 Å². The Bertz CT molecular complexity index is 403. The zero-order chi connectivity index (χ0) is 11.9. The van der Waals surface area contributed by atoms with Crippen LogP contribution >= 0.6 is 15.9 Å². The lowest BCUT2D eigenvalue weighted by Gasteiger charge is -2.49. The van der Waals surface area contributed by atoms with Gasteiger partial charge in [0.1, 0.15) is 0 Å². The summed E-state index contributed by atoms with van der Waals surface area (Å²) in [6.07, 6.45) is 0.656. The number of anilines is 1. The van der Waals surface area contributed by atoms with E-state index in [0.717, 1.165) is 16.6 Å². The molecule has 2 unspecified atom stereocenters. The molecule has 2 atom stereocenters. The first-order chi connectivity index (χ1) is 7.41. The summed E-state index contributed by atoms with van der Waals surface area (Å²) in [6.45, 7) is 6.28. The van der Waals surface area contributed by atoms with E-state index in [0.29, 0.717) is 6.04 Å². The van der Waals surface area contributed by atoms with Crippen LogP contribution in [0.3, 0.4) is 0 Å². The van der Waals surface area contributed by atoms with Gasteiger partial charge in [0.05, 0.1) is 6.10 Å². The number of nitrogens with one attached hydrogen (secondary N) is 1. The van der Waals surface area contributed by atoms with Crippen molar-refractivity contribution in [3.8, 4) is 0 Å². The van der Waals surface area contributed by atoms with Gasteiger partial charge >= 0.3 is 0 Å². The highest BCUT2D eigenvalue weighted by molar-refractivity contribution is 9.10. The third-order valence-corrected chi connectivity index (χ3v) is 4.60. The molecule has 2 rings (SSSR count). The monoisotopic (exact) mass is 283 g/mol. The van der Waals surface area contributed by atoms with Crippen molar-refractivity contribution in [1.29, 1.82) is 0 Å². The van der Waals surface area contributed by atoms with Crippen LogP contribution in [0.4, 0.5) is 5.69 Å². The molecule has 88 valence electrons. The number of aliphatic hydroxyl groups excluding tert-OH is 1. The van der Waals surface area contributed by atoms with Crippen molar-refractivity contribution in [2.24, 2.45) is 5.41 Å². The Morgan fingerprint density at radius 3 is 2.62 bits per heavy atom. The van der Waals surface area contributed by atoms with E-state index in [1.54, 1.807) is 0 Å². The highest BCUT2D eigenvalue weighted by Gasteiger charge is 2.47. The summed E-state index contributed by atoms with van der Waals surface area (Å²) in [6, 6.07) is 6.62. The van der Waals surface area contributed by atoms with E-state index in [-0.39, 0.29) is 11.5 Å². The van der Waals surface area contributed by atoms with E-state index in [1.165, 1.54) is 5.56 Å². The van der Waals surface area contributed by atoms with Gasteiger partial charge in [-0.3, -0.25) is 0 Å². The van der Waals surface area contributed by atoms with Crippen LogP contribution in [0.15, 0.2) is 22.7 Å².